The average molecular weight is 323 g/mol. The first-order valence-electron chi connectivity index (χ1n) is 7.97. The van der Waals surface area contributed by atoms with Gasteiger partial charge in [-0.3, -0.25) is 9.59 Å². The number of fused-ring (bicyclic) bond motifs is 1. The lowest BCUT2D eigenvalue weighted by atomic mass is 10.0. The van der Waals surface area contributed by atoms with E-state index in [0.29, 0.717) is 0 Å². The van der Waals surface area contributed by atoms with Gasteiger partial charge in [-0.1, -0.05) is 17.7 Å². The molecular weight excluding hydrogens is 302 g/mol. The third kappa shape index (κ3) is 3.40. The molecule has 1 heterocycles. The van der Waals surface area contributed by atoms with Crippen molar-refractivity contribution in [3.8, 4) is 0 Å². The summed E-state index contributed by atoms with van der Waals surface area (Å²) in [6, 6.07) is 10.9. The van der Waals surface area contributed by atoms with Crippen LogP contribution in [0.1, 0.15) is 23.1 Å². The minimum absolute atomic E-state index is 0.0755. The minimum atomic E-state index is -0.579. The zero-order valence-electron chi connectivity index (χ0n) is 14.1. The van der Waals surface area contributed by atoms with E-state index in [1.165, 1.54) is 0 Å². The SMILES string of the molecule is Cc1ccc(NC(=O)CC2Nc3cc(C)c(C)cc3NC2=O)cc1. The molecule has 3 rings (SSSR count). The molecule has 0 fully saturated rings. The summed E-state index contributed by atoms with van der Waals surface area (Å²) in [5.41, 5.74) is 5.73. The van der Waals surface area contributed by atoms with E-state index in [2.05, 4.69) is 16.0 Å². The molecule has 3 N–H and O–H groups in total. The quantitative estimate of drug-likeness (QED) is 0.811. The van der Waals surface area contributed by atoms with Crippen LogP contribution in [-0.4, -0.2) is 17.9 Å². The van der Waals surface area contributed by atoms with Crippen LogP contribution in [0.3, 0.4) is 0 Å². The fraction of sp³-hybridized carbons (Fsp3) is 0.263. The van der Waals surface area contributed by atoms with Crippen LogP contribution >= 0.6 is 0 Å². The van der Waals surface area contributed by atoms with E-state index >= 15 is 0 Å². The largest absolute Gasteiger partial charge is 0.372 e. The molecular formula is C19H21N3O2. The lowest BCUT2D eigenvalue weighted by molar-refractivity contribution is -0.122. The molecule has 5 nitrogen and oxygen atoms in total. The Morgan fingerprint density at radius 3 is 2.33 bits per heavy atom. The summed E-state index contributed by atoms with van der Waals surface area (Å²) in [4.78, 5) is 24.4. The van der Waals surface area contributed by atoms with Gasteiger partial charge in [0.25, 0.3) is 0 Å². The third-order valence-electron chi connectivity index (χ3n) is 4.26. The second-order valence-corrected chi connectivity index (χ2v) is 6.29. The fourth-order valence-corrected chi connectivity index (χ4v) is 2.69. The van der Waals surface area contributed by atoms with Gasteiger partial charge >= 0.3 is 0 Å². The highest BCUT2D eigenvalue weighted by Gasteiger charge is 2.27. The zero-order chi connectivity index (χ0) is 17.3. The fourth-order valence-electron chi connectivity index (χ4n) is 2.69. The number of rotatable bonds is 3. The number of amides is 2. The lowest BCUT2D eigenvalue weighted by Crippen LogP contribution is -2.41. The number of anilines is 3. The standard InChI is InChI=1S/C19H21N3O2/c1-11-4-6-14(7-5-11)20-18(23)10-17-19(24)22-16-9-13(3)12(2)8-15(16)21-17/h4-9,17,21H,10H2,1-3H3,(H,20,23)(H,22,24). The smallest absolute Gasteiger partial charge is 0.247 e. The maximum Gasteiger partial charge on any atom is 0.247 e. The predicted octanol–water partition coefficient (Wildman–Crippen LogP) is 3.37. The Balaban J connectivity index is 1.68. The topological polar surface area (TPSA) is 70.2 Å². The third-order valence-corrected chi connectivity index (χ3v) is 4.26. The molecule has 0 radical (unpaired) electrons. The average Bonchev–Trinajstić information content (AvgIpc) is 2.52. The highest BCUT2D eigenvalue weighted by molar-refractivity contribution is 6.06. The summed E-state index contributed by atoms with van der Waals surface area (Å²) >= 11 is 0. The molecule has 0 aromatic heterocycles. The Bertz CT molecular complexity index is 797. The van der Waals surface area contributed by atoms with Crippen LogP contribution in [0.5, 0.6) is 0 Å². The van der Waals surface area contributed by atoms with Crippen molar-refractivity contribution in [2.24, 2.45) is 0 Å². The van der Waals surface area contributed by atoms with E-state index in [1.807, 2.05) is 57.2 Å². The van der Waals surface area contributed by atoms with Crippen LogP contribution in [0.25, 0.3) is 0 Å². The van der Waals surface area contributed by atoms with Crippen LogP contribution in [0.2, 0.25) is 0 Å². The van der Waals surface area contributed by atoms with E-state index < -0.39 is 6.04 Å². The van der Waals surface area contributed by atoms with Crippen LogP contribution in [0, 0.1) is 20.8 Å². The van der Waals surface area contributed by atoms with Crippen molar-refractivity contribution in [1.82, 2.24) is 0 Å². The number of hydrogen-bond donors (Lipinski definition) is 3. The van der Waals surface area contributed by atoms with Crippen LogP contribution in [0.4, 0.5) is 17.1 Å². The van der Waals surface area contributed by atoms with E-state index in [0.717, 1.165) is 33.8 Å². The van der Waals surface area contributed by atoms with E-state index in [1.54, 1.807) is 0 Å². The molecule has 124 valence electrons. The monoisotopic (exact) mass is 323 g/mol. The first-order chi connectivity index (χ1) is 11.4. The number of carbonyl (C=O) groups excluding carboxylic acids is 2. The molecule has 0 saturated carbocycles. The summed E-state index contributed by atoms with van der Waals surface area (Å²) < 4.78 is 0. The van der Waals surface area contributed by atoms with Gasteiger partial charge in [-0.15, -0.1) is 0 Å². The van der Waals surface area contributed by atoms with Gasteiger partial charge in [0.15, 0.2) is 0 Å². The second kappa shape index (κ2) is 6.35. The molecule has 1 aliphatic rings. The van der Waals surface area contributed by atoms with Gasteiger partial charge in [0, 0.05) is 5.69 Å². The lowest BCUT2D eigenvalue weighted by Gasteiger charge is -2.27. The number of nitrogens with one attached hydrogen (secondary N) is 3. The zero-order valence-corrected chi connectivity index (χ0v) is 14.1. The molecule has 0 saturated heterocycles. The summed E-state index contributed by atoms with van der Waals surface area (Å²) in [7, 11) is 0. The summed E-state index contributed by atoms with van der Waals surface area (Å²) in [6.07, 6.45) is 0.0755. The molecule has 2 amide bonds. The van der Waals surface area contributed by atoms with Gasteiger partial charge in [0.1, 0.15) is 6.04 Å². The molecule has 24 heavy (non-hydrogen) atoms. The predicted molar refractivity (Wildman–Crippen MR) is 96.4 cm³/mol. The Morgan fingerprint density at radius 1 is 1.04 bits per heavy atom. The molecule has 0 bridgehead atoms. The van der Waals surface area contributed by atoms with Crippen molar-refractivity contribution in [3.05, 3.63) is 53.1 Å². The number of carbonyl (C=O) groups is 2. The van der Waals surface area contributed by atoms with Gasteiger partial charge in [0.2, 0.25) is 11.8 Å². The van der Waals surface area contributed by atoms with E-state index in [-0.39, 0.29) is 18.2 Å². The molecule has 2 aromatic carbocycles. The van der Waals surface area contributed by atoms with Gasteiger partial charge < -0.3 is 16.0 Å². The van der Waals surface area contributed by atoms with Crippen LogP contribution in [-0.2, 0) is 9.59 Å². The van der Waals surface area contributed by atoms with Crippen molar-refractivity contribution in [1.29, 1.82) is 0 Å². The van der Waals surface area contributed by atoms with E-state index in [4.69, 9.17) is 0 Å². The second-order valence-electron chi connectivity index (χ2n) is 6.29. The molecule has 5 heteroatoms. The van der Waals surface area contributed by atoms with Gasteiger partial charge in [-0.25, -0.2) is 0 Å². The van der Waals surface area contributed by atoms with Crippen LogP contribution in [0.15, 0.2) is 36.4 Å². The molecule has 0 aliphatic carbocycles. The van der Waals surface area contributed by atoms with Gasteiger partial charge in [-0.05, 0) is 56.2 Å². The maximum absolute atomic E-state index is 12.2. The molecule has 2 aromatic rings. The Kier molecular flexibility index (Phi) is 4.25. The first kappa shape index (κ1) is 16.1. The normalized spacial score (nSPS) is 16.0. The van der Waals surface area contributed by atoms with Crippen LogP contribution < -0.4 is 16.0 Å². The number of hydrogen-bond acceptors (Lipinski definition) is 3. The van der Waals surface area contributed by atoms with Crippen molar-refractivity contribution in [2.45, 2.75) is 33.2 Å². The molecule has 0 spiro atoms. The number of aryl methyl sites for hydroxylation is 3. The van der Waals surface area contributed by atoms with Gasteiger partial charge in [-0.2, -0.15) is 0 Å². The molecule has 1 aliphatic heterocycles. The van der Waals surface area contributed by atoms with Crippen molar-refractivity contribution >= 4 is 28.9 Å². The Labute approximate surface area is 141 Å². The van der Waals surface area contributed by atoms with E-state index in [9.17, 15) is 9.59 Å². The summed E-state index contributed by atoms with van der Waals surface area (Å²) in [6.45, 7) is 6.01. The Morgan fingerprint density at radius 2 is 1.67 bits per heavy atom. The summed E-state index contributed by atoms with van der Waals surface area (Å²) in [5, 5.41) is 8.86. The Hall–Kier alpha value is -2.82. The van der Waals surface area contributed by atoms with Crippen molar-refractivity contribution in [3.63, 3.8) is 0 Å². The highest BCUT2D eigenvalue weighted by Crippen LogP contribution is 2.30. The van der Waals surface area contributed by atoms with Gasteiger partial charge in [0.05, 0.1) is 17.8 Å². The molecule has 1 unspecified atom stereocenters. The molecule has 1 atom stereocenters. The highest BCUT2D eigenvalue weighted by atomic mass is 16.2. The summed E-state index contributed by atoms with van der Waals surface area (Å²) in [5.74, 6) is -0.386. The van der Waals surface area contributed by atoms with Crippen molar-refractivity contribution in [2.75, 3.05) is 16.0 Å². The van der Waals surface area contributed by atoms with Crippen molar-refractivity contribution < 1.29 is 9.59 Å². The number of benzene rings is 2. The first-order valence-corrected chi connectivity index (χ1v) is 7.97. The maximum atomic E-state index is 12.2. The minimum Gasteiger partial charge on any atom is -0.372 e.